The summed E-state index contributed by atoms with van der Waals surface area (Å²) in [5, 5.41) is 12.7. The topological polar surface area (TPSA) is 95.4 Å². The number of carbonyl (C=O) groups is 1. The van der Waals surface area contributed by atoms with E-state index in [4.69, 9.17) is 10.6 Å². The summed E-state index contributed by atoms with van der Waals surface area (Å²) < 4.78 is 1.79. The monoisotopic (exact) mass is 439 g/mol. The Morgan fingerprint density at radius 1 is 1.16 bits per heavy atom. The molecular formula is C25H37N5O2. The van der Waals surface area contributed by atoms with Crippen LogP contribution < -0.4 is 5.73 Å². The lowest BCUT2D eigenvalue weighted by Gasteiger charge is -2.57. The smallest absolute Gasteiger partial charge is 0.139 e. The Morgan fingerprint density at radius 2 is 2.00 bits per heavy atom. The van der Waals surface area contributed by atoms with Gasteiger partial charge in [0.25, 0.3) is 0 Å². The summed E-state index contributed by atoms with van der Waals surface area (Å²) in [7, 11) is 0. The van der Waals surface area contributed by atoms with Gasteiger partial charge in [0.2, 0.25) is 0 Å². The fourth-order valence-electron chi connectivity index (χ4n) is 7.39. The largest absolute Gasteiger partial charge is 0.394 e. The van der Waals surface area contributed by atoms with Crippen LogP contribution in [0.1, 0.15) is 70.9 Å². The number of carbonyl (C=O) groups excluding carboxylic acids is 1. The Labute approximate surface area is 190 Å². The molecule has 0 amide bonds. The van der Waals surface area contributed by atoms with Gasteiger partial charge in [0, 0.05) is 24.5 Å². The van der Waals surface area contributed by atoms with Crippen molar-refractivity contribution in [1.82, 2.24) is 15.0 Å². The predicted molar refractivity (Wildman–Crippen MR) is 123 cm³/mol. The number of oxime groups is 1. The molecule has 7 heteroatoms. The molecule has 0 aromatic carbocycles. The van der Waals surface area contributed by atoms with Crippen LogP contribution in [0, 0.1) is 28.6 Å². The van der Waals surface area contributed by atoms with Gasteiger partial charge in [0.1, 0.15) is 12.4 Å². The Morgan fingerprint density at radius 3 is 2.84 bits per heavy atom. The molecule has 3 saturated carbocycles. The SMILES string of the molecule is C[C@]12CCC(=NOCCn3cc(CCN)nn3)C=C1CCC1C2CC[C@]2(C)C(=O)CCC12. The van der Waals surface area contributed by atoms with E-state index < -0.39 is 0 Å². The van der Waals surface area contributed by atoms with Gasteiger partial charge < -0.3 is 10.6 Å². The molecule has 32 heavy (non-hydrogen) atoms. The summed E-state index contributed by atoms with van der Waals surface area (Å²) in [5.74, 6) is 2.56. The lowest BCUT2D eigenvalue weighted by molar-refractivity contribution is -0.132. The molecule has 1 heterocycles. The number of nitrogens with zero attached hydrogens (tertiary/aromatic N) is 4. The predicted octanol–water partition coefficient (Wildman–Crippen LogP) is 3.68. The van der Waals surface area contributed by atoms with Gasteiger partial charge in [-0.2, -0.15) is 0 Å². The van der Waals surface area contributed by atoms with Crippen LogP contribution in [0.2, 0.25) is 0 Å². The normalized spacial score (nSPS) is 37.6. The molecule has 4 aliphatic carbocycles. The maximum absolute atomic E-state index is 12.6. The van der Waals surface area contributed by atoms with Crippen molar-refractivity contribution in [1.29, 1.82) is 0 Å². The number of nitrogens with two attached hydrogens (primary N) is 1. The second-order valence-corrected chi connectivity index (χ2v) is 10.8. The van der Waals surface area contributed by atoms with Crippen LogP contribution in [0.25, 0.3) is 0 Å². The average molecular weight is 440 g/mol. The summed E-state index contributed by atoms with van der Waals surface area (Å²) in [4.78, 5) is 18.2. The van der Waals surface area contributed by atoms with Crippen molar-refractivity contribution < 1.29 is 9.63 Å². The Hall–Kier alpha value is -2.02. The number of aromatic nitrogens is 3. The van der Waals surface area contributed by atoms with E-state index in [1.54, 1.807) is 10.3 Å². The molecule has 0 saturated heterocycles. The number of hydrogen-bond donors (Lipinski definition) is 1. The molecule has 0 bridgehead atoms. The van der Waals surface area contributed by atoms with E-state index in [9.17, 15) is 4.79 Å². The van der Waals surface area contributed by atoms with Crippen molar-refractivity contribution in [3.8, 4) is 0 Å². The minimum atomic E-state index is -0.0386. The summed E-state index contributed by atoms with van der Waals surface area (Å²) in [6.07, 6.45) is 13.7. The van der Waals surface area contributed by atoms with E-state index in [0.717, 1.165) is 56.4 Å². The Balaban J connectivity index is 1.22. The van der Waals surface area contributed by atoms with Crippen molar-refractivity contribution >= 4 is 11.5 Å². The first-order chi connectivity index (χ1) is 15.4. The lowest BCUT2D eigenvalue weighted by atomic mass is 9.47. The third-order valence-electron chi connectivity index (χ3n) is 9.27. The van der Waals surface area contributed by atoms with Gasteiger partial charge in [-0.25, -0.2) is 4.68 Å². The zero-order valence-electron chi connectivity index (χ0n) is 19.6. The van der Waals surface area contributed by atoms with Gasteiger partial charge in [-0.1, -0.05) is 29.8 Å². The van der Waals surface area contributed by atoms with E-state index >= 15 is 0 Å². The standard InChI is InChI=1S/C25H37N5O2/c1-24-10-7-18(28-32-14-13-30-16-19(9-12-26)27-29-30)15-17(24)3-4-20-21-5-6-23(31)25(21,2)11-8-22(20)24/h15-16,20-22H,3-14,26H2,1-2H3/t20?,21?,22?,24-,25-/m0/s1. The molecule has 3 unspecified atom stereocenters. The number of Topliss-reactive ketones (excluding diaryl/α,β-unsaturated/α-hetero) is 1. The molecule has 0 aliphatic heterocycles. The van der Waals surface area contributed by atoms with Crippen molar-refractivity contribution in [3.63, 3.8) is 0 Å². The van der Waals surface area contributed by atoms with E-state index in [2.05, 4.69) is 35.4 Å². The fraction of sp³-hybridized carbons (Fsp3) is 0.760. The van der Waals surface area contributed by atoms with E-state index in [1.165, 1.54) is 12.8 Å². The van der Waals surface area contributed by atoms with Crippen LogP contribution in [0.15, 0.2) is 23.0 Å². The van der Waals surface area contributed by atoms with Crippen molar-refractivity contribution in [2.45, 2.75) is 78.2 Å². The summed E-state index contributed by atoms with van der Waals surface area (Å²) in [6.45, 7) is 6.43. The summed E-state index contributed by atoms with van der Waals surface area (Å²) in [5.41, 5.74) is 9.32. The molecule has 7 nitrogen and oxygen atoms in total. The fourth-order valence-corrected chi connectivity index (χ4v) is 7.39. The van der Waals surface area contributed by atoms with Gasteiger partial charge in [-0.3, -0.25) is 4.79 Å². The summed E-state index contributed by atoms with van der Waals surface area (Å²) >= 11 is 0. The quantitative estimate of drug-likeness (QED) is 0.539. The molecular weight excluding hydrogens is 402 g/mol. The number of fused-ring (bicyclic) bond motifs is 5. The average Bonchev–Trinajstić information content (AvgIpc) is 3.35. The molecule has 1 aromatic heterocycles. The van der Waals surface area contributed by atoms with Gasteiger partial charge >= 0.3 is 0 Å². The number of rotatable bonds is 6. The molecule has 5 atom stereocenters. The maximum atomic E-state index is 12.6. The molecule has 1 aromatic rings. The first-order valence-electron chi connectivity index (χ1n) is 12.5. The van der Waals surface area contributed by atoms with Gasteiger partial charge in [0.05, 0.1) is 18.0 Å². The Kier molecular flexibility index (Phi) is 5.72. The molecule has 4 aliphatic rings. The first-order valence-corrected chi connectivity index (χ1v) is 12.5. The van der Waals surface area contributed by atoms with Crippen LogP contribution in [0.5, 0.6) is 0 Å². The van der Waals surface area contributed by atoms with Gasteiger partial charge in [0.15, 0.2) is 0 Å². The van der Waals surface area contributed by atoms with Crippen LogP contribution in [0.4, 0.5) is 0 Å². The highest BCUT2D eigenvalue weighted by Crippen LogP contribution is 2.64. The van der Waals surface area contributed by atoms with Crippen LogP contribution in [-0.4, -0.2) is 39.6 Å². The van der Waals surface area contributed by atoms with E-state index in [-0.39, 0.29) is 10.8 Å². The minimum Gasteiger partial charge on any atom is -0.394 e. The zero-order chi connectivity index (χ0) is 22.3. The summed E-state index contributed by atoms with van der Waals surface area (Å²) in [6, 6.07) is 0. The third-order valence-corrected chi connectivity index (χ3v) is 9.27. The number of hydrogen-bond acceptors (Lipinski definition) is 6. The highest BCUT2D eigenvalue weighted by Gasteiger charge is 2.58. The Bertz CT molecular complexity index is 937. The molecule has 174 valence electrons. The van der Waals surface area contributed by atoms with Crippen molar-refractivity contribution in [2.75, 3.05) is 13.2 Å². The second kappa shape index (κ2) is 8.40. The molecule has 5 rings (SSSR count). The zero-order valence-corrected chi connectivity index (χ0v) is 19.6. The van der Waals surface area contributed by atoms with Crippen molar-refractivity contribution in [3.05, 3.63) is 23.5 Å². The lowest BCUT2D eigenvalue weighted by Crippen LogP contribution is -2.50. The van der Waals surface area contributed by atoms with E-state index in [0.29, 0.717) is 43.2 Å². The molecule has 0 spiro atoms. The minimum absolute atomic E-state index is 0.0386. The van der Waals surface area contributed by atoms with Crippen molar-refractivity contribution in [2.24, 2.45) is 39.5 Å². The van der Waals surface area contributed by atoms with Crippen LogP contribution in [0.3, 0.4) is 0 Å². The number of allylic oxidation sites excluding steroid dienone is 2. The second-order valence-electron chi connectivity index (χ2n) is 10.8. The van der Waals surface area contributed by atoms with E-state index in [1.807, 2.05) is 6.20 Å². The highest BCUT2D eigenvalue weighted by atomic mass is 16.6. The highest BCUT2D eigenvalue weighted by molar-refractivity contribution is 5.96. The van der Waals surface area contributed by atoms with Crippen LogP contribution >= 0.6 is 0 Å². The third kappa shape index (κ3) is 3.62. The number of ketones is 1. The molecule has 0 radical (unpaired) electrons. The maximum Gasteiger partial charge on any atom is 0.139 e. The first kappa shape index (κ1) is 21.8. The van der Waals surface area contributed by atoms with Gasteiger partial charge in [-0.15, -0.1) is 5.10 Å². The molecule has 2 N–H and O–H groups in total. The molecule has 3 fully saturated rings. The van der Waals surface area contributed by atoms with Gasteiger partial charge in [-0.05, 0) is 80.7 Å². The van der Waals surface area contributed by atoms with Crippen LogP contribution in [-0.2, 0) is 22.6 Å².